The lowest BCUT2D eigenvalue weighted by Crippen LogP contribution is -2.46. The van der Waals surface area contributed by atoms with Crippen LogP contribution in [0.3, 0.4) is 0 Å². The first-order valence-electron chi connectivity index (χ1n) is 5.96. The van der Waals surface area contributed by atoms with Crippen LogP contribution < -0.4 is 5.73 Å². The predicted molar refractivity (Wildman–Crippen MR) is 72.6 cm³/mol. The van der Waals surface area contributed by atoms with Gasteiger partial charge in [-0.25, -0.2) is 0 Å². The fourth-order valence-electron chi connectivity index (χ4n) is 2.06. The molecular formula is C13H21ClN2O. The van der Waals surface area contributed by atoms with E-state index in [2.05, 4.69) is 35.2 Å². The van der Waals surface area contributed by atoms with Crippen molar-refractivity contribution in [3.63, 3.8) is 0 Å². The fraction of sp³-hybridized carbons (Fsp3) is 0.538. The summed E-state index contributed by atoms with van der Waals surface area (Å²) >= 11 is 0. The summed E-state index contributed by atoms with van der Waals surface area (Å²) in [5.41, 5.74) is 7.02. The Morgan fingerprint density at radius 3 is 2.76 bits per heavy atom. The Kier molecular flexibility index (Phi) is 6.52. The molecule has 0 saturated carbocycles. The Labute approximate surface area is 109 Å². The summed E-state index contributed by atoms with van der Waals surface area (Å²) in [5.74, 6) is 0. The van der Waals surface area contributed by atoms with E-state index < -0.39 is 0 Å². The number of nitrogens with two attached hydrogens (primary N) is 1. The second-order valence-corrected chi connectivity index (χ2v) is 4.26. The Morgan fingerprint density at radius 2 is 2.06 bits per heavy atom. The normalized spacial score (nSPS) is 20.9. The molecule has 0 spiro atoms. The fourth-order valence-corrected chi connectivity index (χ4v) is 2.06. The molecule has 2 N–H and O–H groups in total. The van der Waals surface area contributed by atoms with Crippen LogP contribution in [0.1, 0.15) is 5.56 Å². The summed E-state index contributed by atoms with van der Waals surface area (Å²) in [7, 11) is 0. The lowest BCUT2D eigenvalue weighted by atomic mass is 10.1. The van der Waals surface area contributed by atoms with Crippen molar-refractivity contribution in [3.05, 3.63) is 35.9 Å². The average molecular weight is 257 g/mol. The van der Waals surface area contributed by atoms with Crippen molar-refractivity contribution in [2.24, 2.45) is 5.73 Å². The van der Waals surface area contributed by atoms with Crippen LogP contribution in [0.15, 0.2) is 30.3 Å². The first kappa shape index (κ1) is 14.5. The van der Waals surface area contributed by atoms with Gasteiger partial charge in [-0.2, -0.15) is 0 Å². The van der Waals surface area contributed by atoms with Gasteiger partial charge in [0.05, 0.1) is 12.7 Å². The first-order valence-corrected chi connectivity index (χ1v) is 5.96. The average Bonchev–Trinajstić information content (AvgIpc) is 2.38. The highest BCUT2D eigenvalue weighted by atomic mass is 35.5. The van der Waals surface area contributed by atoms with Gasteiger partial charge in [0.25, 0.3) is 0 Å². The van der Waals surface area contributed by atoms with Crippen molar-refractivity contribution < 1.29 is 4.74 Å². The minimum absolute atomic E-state index is 0. The predicted octanol–water partition coefficient (Wildman–Crippen LogP) is 1.31. The molecule has 1 unspecified atom stereocenters. The van der Waals surface area contributed by atoms with Gasteiger partial charge < -0.3 is 10.5 Å². The third-order valence-corrected chi connectivity index (χ3v) is 3.05. The maximum atomic E-state index is 5.62. The van der Waals surface area contributed by atoms with Crippen molar-refractivity contribution in [2.45, 2.75) is 12.5 Å². The van der Waals surface area contributed by atoms with Crippen LogP contribution in [0.2, 0.25) is 0 Å². The number of hydrogen-bond acceptors (Lipinski definition) is 3. The standard InChI is InChI=1S/C13H20N2O.ClH/c14-10-13-11-15(8-9-16-13)7-6-12-4-2-1-3-5-12;/h1-5,13H,6-11,14H2;1H. The number of rotatable bonds is 4. The molecule has 1 saturated heterocycles. The van der Waals surface area contributed by atoms with Crippen LogP contribution >= 0.6 is 12.4 Å². The number of benzene rings is 1. The molecule has 1 aliphatic rings. The van der Waals surface area contributed by atoms with E-state index in [1.807, 2.05) is 0 Å². The monoisotopic (exact) mass is 256 g/mol. The minimum Gasteiger partial charge on any atom is -0.374 e. The molecule has 0 aliphatic carbocycles. The summed E-state index contributed by atoms with van der Waals surface area (Å²) in [6.07, 6.45) is 1.34. The lowest BCUT2D eigenvalue weighted by molar-refractivity contribution is -0.0226. The summed E-state index contributed by atoms with van der Waals surface area (Å²) in [4.78, 5) is 2.44. The van der Waals surface area contributed by atoms with Crippen LogP contribution in [0.4, 0.5) is 0 Å². The number of ether oxygens (including phenoxy) is 1. The quantitative estimate of drug-likeness (QED) is 0.883. The Bertz CT molecular complexity index is 308. The Morgan fingerprint density at radius 1 is 1.29 bits per heavy atom. The summed E-state index contributed by atoms with van der Waals surface area (Å²) in [6, 6.07) is 10.6. The van der Waals surface area contributed by atoms with Gasteiger partial charge >= 0.3 is 0 Å². The number of hydrogen-bond donors (Lipinski definition) is 1. The van der Waals surface area contributed by atoms with Gasteiger partial charge in [-0.05, 0) is 12.0 Å². The molecule has 0 amide bonds. The third-order valence-electron chi connectivity index (χ3n) is 3.05. The highest BCUT2D eigenvalue weighted by Gasteiger charge is 2.18. The smallest absolute Gasteiger partial charge is 0.0824 e. The lowest BCUT2D eigenvalue weighted by Gasteiger charge is -2.32. The Balaban J connectivity index is 0.00000144. The van der Waals surface area contributed by atoms with Gasteiger partial charge in [0.2, 0.25) is 0 Å². The number of morpholine rings is 1. The van der Waals surface area contributed by atoms with E-state index >= 15 is 0 Å². The van der Waals surface area contributed by atoms with E-state index in [-0.39, 0.29) is 18.5 Å². The zero-order valence-corrected chi connectivity index (χ0v) is 10.9. The maximum absolute atomic E-state index is 5.62. The Hall–Kier alpha value is -0.610. The molecule has 1 aromatic carbocycles. The second-order valence-electron chi connectivity index (χ2n) is 4.26. The molecule has 0 radical (unpaired) electrons. The SMILES string of the molecule is Cl.NCC1CN(CCc2ccccc2)CCO1. The third kappa shape index (κ3) is 4.64. The molecular weight excluding hydrogens is 236 g/mol. The highest BCUT2D eigenvalue weighted by Crippen LogP contribution is 2.06. The maximum Gasteiger partial charge on any atom is 0.0824 e. The molecule has 1 aromatic rings. The summed E-state index contributed by atoms with van der Waals surface area (Å²) in [6.45, 7) is 4.55. The van der Waals surface area contributed by atoms with Crippen LogP contribution in [0.25, 0.3) is 0 Å². The van der Waals surface area contributed by atoms with Crippen molar-refractivity contribution >= 4 is 12.4 Å². The molecule has 17 heavy (non-hydrogen) atoms. The zero-order valence-electron chi connectivity index (χ0n) is 10.0. The molecule has 1 fully saturated rings. The molecule has 96 valence electrons. The highest BCUT2D eigenvalue weighted by molar-refractivity contribution is 5.85. The largest absolute Gasteiger partial charge is 0.374 e. The van der Waals surface area contributed by atoms with Crippen molar-refractivity contribution in [1.29, 1.82) is 0 Å². The van der Waals surface area contributed by atoms with Crippen molar-refractivity contribution in [2.75, 3.05) is 32.8 Å². The van der Waals surface area contributed by atoms with Gasteiger partial charge in [0, 0.05) is 26.2 Å². The first-order chi connectivity index (χ1) is 7.88. The van der Waals surface area contributed by atoms with Crippen LogP contribution in [-0.2, 0) is 11.2 Å². The molecule has 4 heteroatoms. The summed E-state index contributed by atoms with van der Waals surface area (Å²) in [5, 5.41) is 0. The molecule has 0 aromatic heterocycles. The molecule has 1 heterocycles. The van der Waals surface area contributed by atoms with Crippen LogP contribution in [0, 0.1) is 0 Å². The molecule has 3 nitrogen and oxygen atoms in total. The van der Waals surface area contributed by atoms with E-state index in [9.17, 15) is 0 Å². The van der Waals surface area contributed by atoms with Crippen molar-refractivity contribution in [3.8, 4) is 0 Å². The zero-order chi connectivity index (χ0) is 11.2. The van der Waals surface area contributed by atoms with Gasteiger partial charge in [0.1, 0.15) is 0 Å². The van der Waals surface area contributed by atoms with E-state index in [0.29, 0.717) is 6.54 Å². The van der Waals surface area contributed by atoms with Gasteiger partial charge in [-0.3, -0.25) is 4.90 Å². The summed E-state index contributed by atoms with van der Waals surface area (Å²) < 4.78 is 5.54. The van der Waals surface area contributed by atoms with Crippen molar-refractivity contribution in [1.82, 2.24) is 4.90 Å². The molecule has 1 atom stereocenters. The number of nitrogens with zero attached hydrogens (tertiary/aromatic N) is 1. The molecule has 0 bridgehead atoms. The molecule has 1 aliphatic heterocycles. The van der Waals surface area contributed by atoms with E-state index in [1.54, 1.807) is 0 Å². The molecule has 2 rings (SSSR count). The van der Waals surface area contributed by atoms with Crippen LogP contribution in [-0.4, -0.2) is 43.8 Å². The van der Waals surface area contributed by atoms with E-state index in [4.69, 9.17) is 10.5 Å². The van der Waals surface area contributed by atoms with E-state index in [0.717, 1.165) is 32.7 Å². The minimum atomic E-state index is 0. The second kappa shape index (κ2) is 7.67. The van der Waals surface area contributed by atoms with Gasteiger partial charge in [-0.15, -0.1) is 12.4 Å². The van der Waals surface area contributed by atoms with Gasteiger partial charge in [-0.1, -0.05) is 30.3 Å². The van der Waals surface area contributed by atoms with Gasteiger partial charge in [0.15, 0.2) is 0 Å². The number of halogens is 1. The van der Waals surface area contributed by atoms with Crippen LogP contribution in [0.5, 0.6) is 0 Å². The van der Waals surface area contributed by atoms with E-state index in [1.165, 1.54) is 5.56 Å². The topological polar surface area (TPSA) is 38.5 Å².